The summed E-state index contributed by atoms with van der Waals surface area (Å²) in [6.07, 6.45) is 0. The Morgan fingerprint density at radius 3 is 2.70 bits per heavy atom. The topological polar surface area (TPSA) is 75.7 Å². The van der Waals surface area contributed by atoms with E-state index in [-0.39, 0.29) is 18.2 Å². The largest absolute Gasteiger partial charge is 0.455 e. The average Bonchev–Trinajstić information content (AvgIpc) is 2.66. The molecule has 0 saturated carbocycles. The molecular formula is C20H20N2O4S. The van der Waals surface area contributed by atoms with Crippen LogP contribution in [0.3, 0.4) is 0 Å². The zero-order chi connectivity index (χ0) is 19.4. The van der Waals surface area contributed by atoms with Crippen LogP contribution in [0.5, 0.6) is 0 Å². The molecule has 140 valence electrons. The van der Waals surface area contributed by atoms with Gasteiger partial charge < -0.3 is 10.1 Å². The fourth-order valence-electron chi connectivity index (χ4n) is 2.66. The molecule has 0 aromatic heterocycles. The van der Waals surface area contributed by atoms with Crippen molar-refractivity contribution in [2.24, 2.45) is 0 Å². The highest BCUT2D eigenvalue weighted by Crippen LogP contribution is 2.29. The summed E-state index contributed by atoms with van der Waals surface area (Å²) in [5.41, 5.74) is 3.52. The number of ether oxygens (including phenoxy) is 1. The number of nitrogens with one attached hydrogen (secondary N) is 1. The fraction of sp³-hybridized carbons (Fsp3) is 0.250. The number of thioether (sulfide) groups is 1. The summed E-state index contributed by atoms with van der Waals surface area (Å²) in [7, 11) is 0. The predicted molar refractivity (Wildman–Crippen MR) is 105 cm³/mol. The number of carbonyl (C=O) groups is 3. The number of hydrogen-bond acceptors (Lipinski definition) is 5. The highest BCUT2D eigenvalue weighted by Gasteiger charge is 2.27. The molecule has 1 heterocycles. The van der Waals surface area contributed by atoms with Gasteiger partial charge in [0.1, 0.15) is 6.54 Å². The van der Waals surface area contributed by atoms with Gasteiger partial charge in [-0.15, -0.1) is 11.8 Å². The summed E-state index contributed by atoms with van der Waals surface area (Å²) in [4.78, 5) is 38.5. The molecular weight excluding hydrogens is 364 g/mol. The van der Waals surface area contributed by atoms with Crippen molar-refractivity contribution in [1.82, 2.24) is 0 Å². The van der Waals surface area contributed by atoms with Crippen LogP contribution < -0.4 is 10.2 Å². The second-order valence-corrected chi connectivity index (χ2v) is 7.29. The van der Waals surface area contributed by atoms with Crippen LogP contribution in [0.4, 0.5) is 11.4 Å². The minimum Gasteiger partial charge on any atom is -0.455 e. The number of carbonyl (C=O) groups excluding carboxylic acids is 3. The van der Waals surface area contributed by atoms with Gasteiger partial charge in [-0.2, -0.15) is 0 Å². The number of anilines is 2. The summed E-state index contributed by atoms with van der Waals surface area (Å²) in [5.74, 6) is -1.06. The van der Waals surface area contributed by atoms with E-state index < -0.39 is 18.5 Å². The van der Waals surface area contributed by atoms with Crippen LogP contribution in [-0.4, -0.2) is 36.7 Å². The van der Waals surface area contributed by atoms with Crippen LogP contribution in [-0.2, 0) is 19.1 Å². The molecule has 27 heavy (non-hydrogen) atoms. The Morgan fingerprint density at radius 1 is 1.15 bits per heavy atom. The molecule has 0 atom stereocenters. The average molecular weight is 384 g/mol. The zero-order valence-corrected chi connectivity index (χ0v) is 16.0. The lowest BCUT2D eigenvalue weighted by Crippen LogP contribution is -2.44. The van der Waals surface area contributed by atoms with Crippen LogP contribution in [0.25, 0.3) is 0 Å². The van der Waals surface area contributed by atoms with Gasteiger partial charge in [0.15, 0.2) is 6.61 Å². The first-order chi connectivity index (χ1) is 12.9. The van der Waals surface area contributed by atoms with E-state index in [4.69, 9.17) is 4.74 Å². The molecule has 0 unspecified atom stereocenters. The highest BCUT2D eigenvalue weighted by molar-refractivity contribution is 8.00. The maximum Gasteiger partial charge on any atom is 0.316 e. The monoisotopic (exact) mass is 384 g/mol. The number of esters is 1. The van der Waals surface area contributed by atoms with Crippen LogP contribution >= 0.6 is 11.8 Å². The Balaban J connectivity index is 1.53. The van der Waals surface area contributed by atoms with Crippen LogP contribution in [0.15, 0.2) is 47.4 Å². The molecule has 0 bridgehead atoms. The lowest BCUT2D eigenvalue weighted by atomic mass is 10.1. The molecule has 2 aromatic rings. The molecule has 0 saturated heterocycles. The van der Waals surface area contributed by atoms with Crippen LogP contribution in [0, 0.1) is 13.8 Å². The van der Waals surface area contributed by atoms with Crippen molar-refractivity contribution in [3.63, 3.8) is 0 Å². The molecule has 0 spiro atoms. The van der Waals surface area contributed by atoms with Crippen molar-refractivity contribution in [3.05, 3.63) is 53.6 Å². The third-order valence-corrected chi connectivity index (χ3v) is 5.23. The predicted octanol–water partition coefficient (Wildman–Crippen LogP) is 2.92. The molecule has 7 heteroatoms. The second-order valence-electron chi connectivity index (χ2n) is 6.24. The van der Waals surface area contributed by atoms with Gasteiger partial charge >= 0.3 is 5.97 Å². The lowest BCUT2D eigenvalue weighted by Gasteiger charge is -2.28. The number of hydrogen-bond donors (Lipinski definition) is 1. The van der Waals surface area contributed by atoms with Crippen LogP contribution in [0.2, 0.25) is 0 Å². The van der Waals surface area contributed by atoms with E-state index in [1.165, 1.54) is 22.2 Å². The molecule has 0 fully saturated rings. The van der Waals surface area contributed by atoms with Gasteiger partial charge in [-0.3, -0.25) is 19.3 Å². The van der Waals surface area contributed by atoms with Gasteiger partial charge in [0.25, 0.3) is 5.91 Å². The lowest BCUT2D eigenvalue weighted by molar-refractivity contribution is -0.145. The standard InChI is InChI=1S/C20H20N2O4S/c1-13-7-8-15(9-14(13)2)27-12-20(25)26-11-19(24)22-10-18(23)21-16-5-3-4-6-17(16)22/h3-9H,10-12H2,1-2H3,(H,21,23). The summed E-state index contributed by atoms with van der Waals surface area (Å²) in [5, 5.41) is 2.71. The van der Waals surface area contributed by atoms with Crippen molar-refractivity contribution in [1.29, 1.82) is 0 Å². The Kier molecular flexibility index (Phi) is 5.81. The summed E-state index contributed by atoms with van der Waals surface area (Å²) in [6, 6.07) is 13.0. The number of benzene rings is 2. The summed E-state index contributed by atoms with van der Waals surface area (Å²) < 4.78 is 5.10. The molecule has 1 aliphatic rings. The van der Waals surface area contributed by atoms with E-state index in [2.05, 4.69) is 5.32 Å². The summed E-state index contributed by atoms with van der Waals surface area (Å²) in [6.45, 7) is 3.56. The zero-order valence-electron chi connectivity index (χ0n) is 15.2. The minimum absolute atomic E-state index is 0.0925. The van der Waals surface area contributed by atoms with E-state index >= 15 is 0 Å². The molecule has 1 aliphatic heterocycles. The highest BCUT2D eigenvalue weighted by atomic mass is 32.2. The van der Waals surface area contributed by atoms with E-state index in [1.807, 2.05) is 32.0 Å². The molecule has 1 N–H and O–H groups in total. The third-order valence-electron chi connectivity index (χ3n) is 4.26. The molecule has 2 amide bonds. The number of fused-ring (bicyclic) bond motifs is 1. The van der Waals surface area contributed by atoms with E-state index in [9.17, 15) is 14.4 Å². The number of para-hydroxylation sites is 2. The van der Waals surface area contributed by atoms with Gasteiger partial charge in [0, 0.05) is 4.90 Å². The molecule has 2 aromatic carbocycles. The van der Waals surface area contributed by atoms with E-state index in [0.717, 1.165) is 10.5 Å². The van der Waals surface area contributed by atoms with Gasteiger partial charge in [-0.05, 0) is 49.2 Å². The maximum absolute atomic E-state index is 12.4. The number of amides is 2. The molecule has 3 rings (SSSR count). The molecule has 6 nitrogen and oxygen atoms in total. The first-order valence-corrected chi connectivity index (χ1v) is 9.47. The van der Waals surface area contributed by atoms with Gasteiger partial charge in [0.2, 0.25) is 5.91 Å². The third kappa shape index (κ3) is 4.68. The van der Waals surface area contributed by atoms with Crippen molar-refractivity contribution in [2.75, 3.05) is 29.1 Å². The van der Waals surface area contributed by atoms with Gasteiger partial charge in [0.05, 0.1) is 17.1 Å². The van der Waals surface area contributed by atoms with Crippen LogP contribution in [0.1, 0.15) is 11.1 Å². The number of aryl methyl sites for hydroxylation is 2. The van der Waals surface area contributed by atoms with Crippen molar-refractivity contribution in [2.45, 2.75) is 18.7 Å². The molecule has 0 radical (unpaired) electrons. The Morgan fingerprint density at radius 2 is 1.93 bits per heavy atom. The van der Waals surface area contributed by atoms with Gasteiger partial charge in [-0.1, -0.05) is 18.2 Å². The van der Waals surface area contributed by atoms with Crippen molar-refractivity contribution in [3.8, 4) is 0 Å². The first-order valence-electron chi connectivity index (χ1n) is 8.49. The smallest absolute Gasteiger partial charge is 0.316 e. The van der Waals surface area contributed by atoms with Crippen molar-refractivity contribution >= 4 is 40.9 Å². The quantitative estimate of drug-likeness (QED) is 0.634. The van der Waals surface area contributed by atoms with Gasteiger partial charge in [-0.25, -0.2) is 0 Å². The van der Waals surface area contributed by atoms with E-state index in [0.29, 0.717) is 11.4 Å². The number of nitrogens with zero attached hydrogens (tertiary/aromatic N) is 1. The van der Waals surface area contributed by atoms with E-state index in [1.54, 1.807) is 24.3 Å². The Labute approximate surface area is 161 Å². The number of rotatable bonds is 5. The Bertz CT molecular complexity index is 897. The fourth-order valence-corrected chi connectivity index (χ4v) is 3.46. The molecule has 0 aliphatic carbocycles. The maximum atomic E-state index is 12.4. The summed E-state index contributed by atoms with van der Waals surface area (Å²) >= 11 is 1.36. The van der Waals surface area contributed by atoms with Crippen molar-refractivity contribution < 1.29 is 19.1 Å². The Hall–Kier alpha value is -2.80. The minimum atomic E-state index is -0.471. The SMILES string of the molecule is Cc1ccc(SCC(=O)OCC(=O)N2CC(=O)Nc3ccccc32)cc1C. The second kappa shape index (κ2) is 8.26. The first kappa shape index (κ1) is 19.0. The normalized spacial score (nSPS) is 13.0.